The van der Waals surface area contributed by atoms with E-state index in [1.165, 1.54) is 48.6 Å². The molecule has 1 aromatic rings. The minimum Gasteiger partial charge on any atom is -0.271 e. The molecule has 0 aromatic carbocycles. The van der Waals surface area contributed by atoms with Gasteiger partial charge in [-0.15, -0.1) is 0 Å². The monoisotopic (exact) mass is 302 g/mol. The topological polar surface area (TPSA) is 38.0 Å². The van der Waals surface area contributed by atoms with Crippen molar-refractivity contribution in [2.45, 2.75) is 44.6 Å². The van der Waals surface area contributed by atoms with Gasteiger partial charge in [0.25, 0.3) is 0 Å². The summed E-state index contributed by atoms with van der Waals surface area (Å²) in [6.07, 6.45) is 8.08. The Morgan fingerprint density at radius 3 is 2.44 bits per heavy atom. The molecule has 0 spiro atoms. The summed E-state index contributed by atoms with van der Waals surface area (Å²) in [5.41, 5.74) is 4.35. The summed E-state index contributed by atoms with van der Waals surface area (Å²) in [7, 11) is 0. The summed E-state index contributed by atoms with van der Waals surface area (Å²) in [6, 6.07) is 0.318. The third kappa shape index (κ3) is 2.86. The zero-order valence-electron chi connectivity index (χ0n) is 9.42. The van der Waals surface area contributed by atoms with Crippen LogP contribution in [0.25, 0.3) is 0 Å². The maximum Gasteiger partial charge on any atom is 0.0507 e. The lowest BCUT2D eigenvalue weighted by atomic mass is 9.89. The van der Waals surface area contributed by atoms with Crippen LogP contribution in [0, 0.1) is 5.92 Å². The molecule has 1 aromatic heterocycles. The zero-order valence-corrected chi connectivity index (χ0v) is 11.8. The summed E-state index contributed by atoms with van der Waals surface area (Å²) in [6.45, 7) is 0. The van der Waals surface area contributed by atoms with E-state index in [0.29, 0.717) is 12.0 Å². The molecule has 0 saturated heterocycles. The lowest BCUT2D eigenvalue weighted by Crippen LogP contribution is -2.33. The quantitative estimate of drug-likeness (QED) is 0.503. The molecule has 1 aliphatic rings. The van der Waals surface area contributed by atoms with Gasteiger partial charge in [0, 0.05) is 9.85 Å². The van der Waals surface area contributed by atoms with Crippen LogP contribution < -0.4 is 11.3 Å². The fraction of sp³-hybridized carbons (Fsp3) is 0.667. The number of hydrogen-bond acceptors (Lipinski definition) is 3. The van der Waals surface area contributed by atoms with Crippen molar-refractivity contribution in [2.75, 3.05) is 0 Å². The predicted octanol–water partition coefficient (Wildman–Crippen LogP) is 3.99. The van der Waals surface area contributed by atoms with Gasteiger partial charge in [0.1, 0.15) is 0 Å². The largest absolute Gasteiger partial charge is 0.271 e. The SMILES string of the molecule is NNC(c1cscc1Br)C1CCCCCC1. The van der Waals surface area contributed by atoms with Gasteiger partial charge in [-0.2, -0.15) is 11.3 Å². The Morgan fingerprint density at radius 2 is 1.94 bits per heavy atom. The van der Waals surface area contributed by atoms with E-state index in [1.807, 2.05) is 0 Å². The van der Waals surface area contributed by atoms with Crippen molar-refractivity contribution in [3.8, 4) is 0 Å². The van der Waals surface area contributed by atoms with Crippen LogP contribution in [0.3, 0.4) is 0 Å². The maximum atomic E-state index is 5.75. The van der Waals surface area contributed by atoms with Crippen LogP contribution in [-0.4, -0.2) is 0 Å². The number of thiophene rings is 1. The van der Waals surface area contributed by atoms with Crippen LogP contribution in [0.15, 0.2) is 15.2 Å². The average Bonchev–Trinajstić information content (AvgIpc) is 2.57. The molecular weight excluding hydrogens is 284 g/mol. The first kappa shape index (κ1) is 12.6. The molecule has 1 saturated carbocycles. The van der Waals surface area contributed by atoms with Gasteiger partial charge >= 0.3 is 0 Å². The van der Waals surface area contributed by atoms with Crippen molar-refractivity contribution in [3.05, 3.63) is 20.8 Å². The summed E-state index contributed by atoms with van der Waals surface area (Å²) in [5.74, 6) is 6.44. The van der Waals surface area contributed by atoms with E-state index in [1.54, 1.807) is 11.3 Å². The molecule has 0 bridgehead atoms. The molecule has 90 valence electrons. The third-order valence-electron chi connectivity index (χ3n) is 3.53. The molecule has 0 aliphatic heterocycles. The molecule has 3 N–H and O–H groups in total. The number of rotatable bonds is 3. The van der Waals surface area contributed by atoms with E-state index in [2.05, 4.69) is 32.1 Å². The van der Waals surface area contributed by atoms with Gasteiger partial charge in [-0.05, 0) is 45.6 Å². The molecule has 0 radical (unpaired) electrons. The lowest BCUT2D eigenvalue weighted by molar-refractivity contribution is 0.329. The van der Waals surface area contributed by atoms with Crippen molar-refractivity contribution < 1.29 is 0 Å². The number of nitrogens with two attached hydrogens (primary N) is 1. The highest BCUT2D eigenvalue weighted by Crippen LogP contribution is 2.37. The van der Waals surface area contributed by atoms with Gasteiger partial charge in [0.15, 0.2) is 0 Å². The molecule has 2 nitrogen and oxygen atoms in total. The number of hydrogen-bond donors (Lipinski definition) is 2. The van der Waals surface area contributed by atoms with Gasteiger partial charge < -0.3 is 0 Å². The fourth-order valence-electron chi connectivity index (χ4n) is 2.64. The lowest BCUT2D eigenvalue weighted by Gasteiger charge is -2.25. The third-order valence-corrected chi connectivity index (χ3v) is 5.28. The molecule has 2 rings (SSSR count). The maximum absolute atomic E-state index is 5.75. The Morgan fingerprint density at radius 1 is 1.25 bits per heavy atom. The summed E-state index contributed by atoms with van der Waals surface area (Å²) in [5, 5.41) is 4.34. The van der Waals surface area contributed by atoms with E-state index < -0.39 is 0 Å². The predicted molar refractivity (Wildman–Crippen MR) is 73.3 cm³/mol. The first-order valence-corrected chi connectivity index (χ1v) is 7.74. The molecule has 1 unspecified atom stereocenters. The van der Waals surface area contributed by atoms with E-state index >= 15 is 0 Å². The van der Waals surface area contributed by atoms with Crippen LogP contribution in [0.5, 0.6) is 0 Å². The Kier molecular flexibility index (Phi) is 4.82. The fourth-order valence-corrected chi connectivity index (χ4v) is 4.22. The number of halogens is 1. The van der Waals surface area contributed by atoms with Crippen LogP contribution in [0.4, 0.5) is 0 Å². The smallest absolute Gasteiger partial charge is 0.0507 e. The second kappa shape index (κ2) is 6.15. The van der Waals surface area contributed by atoms with Gasteiger partial charge in [0.2, 0.25) is 0 Å². The highest BCUT2D eigenvalue weighted by molar-refractivity contribution is 9.10. The Bertz CT molecular complexity index is 319. The molecule has 1 heterocycles. The number of hydrazine groups is 1. The van der Waals surface area contributed by atoms with E-state index in [-0.39, 0.29) is 0 Å². The van der Waals surface area contributed by atoms with Gasteiger partial charge in [0.05, 0.1) is 6.04 Å². The second-order valence-electron chi connectivity index (χ2n) is 4.57. The molecule has 4 heteroatoms. The normalized spacial score (nSPS) is 20.6. The standard InChI is InChI=1S/C12H19BrN2S/c13-11-8-16-7-10(11)12(15-14)9-5-3-1-2-4-6-9/h7-9,12,15H,1-6,14H2. The van der Waals surface area contributed by atoms with Gasteiger partial charge in [-0.25, -0.2) is 0 Å². The Balaban J connectivity index is 2.12. The van der Waals surface area contributed by atoms with E-state index in [0.717, 1.165) is 0 Å². The highest BCUT2D eigenvalue weighted by Gasteiger charge is 2.25. The van der Waals surface area contributed by atoms with E-state index in [4.69, 9.17) is 5.84 Å². The Hall–Kier alpha value is 0.100. The van der Waals surface area contributed by atoms with Crippen LogP contribution in [0.1, 0.15) is 50.1 Å². The highest BCUT2D eigenvalue weighted by atomic mass is 79.9. The zero-order chi connectivity index (χ0) is 11.4. The second-order valence-corrected chi connectivity index (χ2v) is 6.17. The molecule has 1 atom stereocenters. The van der Waals surface area contributed by atoms with E-state index in [9.17, 15) is 0 Å². The van der Waals surface area contributed by atoms with Crippen LogP contribution in [-0.2, 0) is 0 Å². The van der Waals surface area contributed by atoms with Crippen molar-refractivity contribution in [3.63, 3.8) is 0 Å². The first-order valence-electron chi connectivity index (χ1n) is 6.00. The Labute approximate surface area is 110 Å². The minimum absolute atomic E-state index is 0.318. The molecule has 1 aliphatic carbocycles. The van der Waals surface area contributed by atoms with Gasteiger partial charge in [-0.1, -0.05) is 25.7 Å². The van der Waals surface area contributed by atoms with Crippen molar-refractivity contribution in [1.82, 2.24) is 5.43 Å². The van der Waals surface area contributed by atoms with Crippen LogP contribution in [0.2, 0.25) is 0 Å². The van der Waals surface area contributed by atoms with Crippen LogP contribution >= 0.6 is 27.3 Å². The van der Waals surface area contributed by atoms with Crippen molar-refractivity contribution >= 4 is 27.3 Å². The average molecular weight is 303 g/mol. The van der Waals surface area contributed by atoms with Crippen molar-refractivity contribution in [1.29, 1.82) is 0 Å². The summed E-state index contributed by atoms with van der Waals surface area (Å²) in [4.78, 5) is 0. The minimum atomic E-state index is 0.318. The molecular formula is C12H19BrN2S. The first-order chi connectivity index (χ1) is 7.83. The summed E-state index contributed by atoms with van der Waals surface area (Å²) < 4.78 is 1.20. The van der Waals surface area contributed by atoms with Crippen molar-refractivity contribution in [2.24, 2.45) is 11.8 Å². The molecule has 16 heavy (non-hydrogen) atoms. The van der Waals surface area contributed by atoms with Gasteiger partial charge in [-0.3, -0.25) is 11.3 Å². The molecule has 0 amide bonds. The molecule has 1 fully saturated rings. The summed E-state index contributed by atoms with van der Waals surface area (Å²) >= 11 is 5.35. The number of nitrogens with one attached hydrogen (secondary N) is 1.